The van der Waals surface area contributed by atoms with E-state index in [0.29, 0.717) is 53.8 Å². The maximum atomic E-state index is 14.6. The van der Waals surface area contributed by atoms with E-state index in [1.165, 1.54) is 6.07 Å². The highest BCUT2D eigenvalue weighted by molar-refractivity contribution is 6.33. The summed E-state index contributed by atoms with van der Waals surface area (Å²) in [6.45, 7) is 1.03. The molecule has 0 radical (unpaired) electrons. The van der Waals surface area contributed by atoms with Crippen LogP contribution >= 0.6 is 11.6 Å². The molecule has 1 aliphatic heterocycles. The molecule has 0 aliphatic carbocycles. The van der Waals surface area contributed by atoms with Gasteiger partial charge in [-0.3, -0.25) is 0 Å². The highest BCUT2D eigenvalue weighted by Gasteiger charge is 2.28. The van der Waals surface area contributed by atoms with Crippen molar-refractivity contribution in [3.8, 4) is 22.6 Å². The fraction of sp³-hybridized carbons (Fsp3) is 0.294. The topological polar surface area (TPSA) is 70.5 Å². The number of hydrogen-bond acceptors (Lipinski definition) is 4. The zero-order chi connectivity index (χ0) is 16.4. The second-order valence-corrected chi connectivity index (χ2v) is 5.74. The first-order valence-corrected chi connectivity index (χ1v) is 7.83. The van der Waals surface area contributed by atoms with Crippen molar-refractivity contribution in [2.75, 3.05) is 19.7 Å². The van der Waals surface area contributed by atoms with E-state index >= 15 is 0 Å². The van der Waals surface area contributed by atoms with Crippen molar-refractivity contribution in [2.24, 2.45) is 11.5 Å². The number of rotatable bonds is 5. The summed E-state index contributed by atoms with van der Waals surface area (Å²) >= 11 is 6.38. The number of ether oxygens (including phenoxy) is 2. The Morgan fingerprint density at radius 3 is 2.78 bits per heavy atom. The quantitative estimate of drug-likeness (QED) is 0.880. The number of fused-ring (bicyclic) bond motifs is 1. The first-order valence-electron chi connectivity index (χ1n) is 7.45. The molecule has 1 aliphatic rings. The largest absolute Gasteiger partial charge is 0.492 e. The Kier molecular flexibility index (Phi) is 4.71. The Morgan fingerprint density at radius 1 is 1.22 bits per heavy atom. The third-order valence-corrected chi connectivity index (χ3v) is 4.12. The lowest BCUT2D eigenvalue weighted by Crippen LogP contribution is -2.24. The molecule has 0 bridgehead atoms. The van der Waals surface area contributed by atoms with Crippen molar-refractivity contribution in [3.05, 3.63) is 46.7 Å². The Hall–Kier alpha value is -1.82. The second-order valence-electron chi connectivity index (χ2n) is 5.33. The van der Waals surface area contributed by atoms with Crippen molar-refractivity contribution in [1.29, 1.82) is 0 Å². The van der Waals surface area contributed by atoms with Gasteiger partial charge in [0.1, 0.15) is 30.0 Å². The minimum absolute atomic E-state index is 0.123. The summed E-state index contributed by atoms with van der Waals surface area (Å²) in [7, 11) is 0. The smallest absolute Gasteiger partial charge is 0.134 e. The minimum Gasteiger partial charge on any atom is -0.492 e. The fourth-order valence-corrected chi connectivity index (χ4v) is 3.07. The van der Waals surface area contributed by atoms with Crippen molar-refractivity contribution in [2.45, 2.75) is 12.5 Å². The van der Waals surface area contributed by atoms with Crippen molar-refractivity contribution in [1.82, 2.24) is 0 Å². The van der Waals surface area contributed by atoms with Gasteiger partial charge in [-0.25, -0.2) is 4.39 Å². The normalized spacial score (nSPS) is 16.1. The molecule has 0 aromatic heterocycles. The van der Waals surface area contributed by atoms with Crippen molar-refractivity contribution < 1.29 is 13.9 Å². The molecule has 23 heavy (non-hydrogen) atoms. The Labute approximate surface area is 139 Å². The third-order valence-electron chi connectivity index (χ3n) is 3.81. The molecule has 1 atom stereocenters. The van der Waals surface area contributed by atoms with Gasteiger partial charge < -0.3 is 20.9 Å². The van der Waals surface area contributed by atoms with Gasteiger partial charge in [0.2, 0.25) is 0 Å². The van der Waals surface area contributed by atoms with Crippen LogP contribution in [0.1, 0.15) is 5.56 Å². The van der Waals surface area contributed by atoms with Gasteiger partial charge in [0, 0.05) is 35.7 Å². The van der Waals surface area contributed by atoms with Crippen molar-refractivity contribution >= 4 is 11.6 Å². The number of hydrogen-bond donors (Lipinski definition) is 2. The molecule has 2 aromatic rings. The molecule has 6 heteroatoms. The van der Waals surface area contributed by atoms with Gasteiger partial charge in [0.15, 0.2) is 0 Å². The van der Waals surface area contributed by atoms with E-state index < -0.39 is 5.82 Å². The van der Waals surface area contributed by atoms with Crippen molar-refractivity contribution in [3.63, 3.8) is 0 Å². The predicted molar refractivity (Wildman–Crippen MR) is 88.6 cm³/mol. The zero-order valence-corrected chi connectivity index (χ0v) is 13.3. The van der Waals surface area contributed by atoms with Gasteiger partial charge in [-0.1, -0.05) is 17.7 Å². The minimum atomic E-state index is -0.397. The predicted octanol–water partition coefficient (Wildman–Crippen LogP) is 2.75. The number of nitrogens with two attached hydrogens (primary N) is 2. The summed E-state index contributed by atoms with van der Waals surface area (Å²) < 4.78 is 25.9. The van der Waals surface area contributed by atoms with Crippen LogP contribution in [0.4, 0.5) is 4.39 Å². The summed E-state index contributed by atoms with van der Waals surface area (Å²) in [4.78, 5) is 0. The van der Waals surface area contributed by atoms with E-state index in [0.717, 1.165) is 5.56 Å². The fourth-order valence-electron chi connectivity index (χ4n) is 2.80. The third kappa shape index (κ3) is 3.00. The van der Waals surface area contributed by atoms with E-state index in [-0.39, 0.29) is 6.10 Å². The number of benzene rings is 2. The molecule has 0 unspecified atom stereocenters. The first kappa shape index (κ1) is 16.1. The molecule has 0 spiro atoms. The molecule has 0 saturated heterocycles. The van der Waals surface area contributed by atoms with Crippen LogP contribution in [0.2, 0.25) is 5.02 Å². The molecule has 4 nitrogen and oxygen atoms in total. The average Bonchev–Trinajstić information content (AvgIpc) is 2.97. The Balaban J connectivity index is 2.15. The number of halogens is 2. The van der Waals surface area contributed by atoms with Crippen LogP contribution in [0.25, 0.3) is 11.1 Å². The van der Waals surface area contributed by atoms with Gasteiger partial charge in [0.25, 0.3) is 0 Å². The summed E-state index contributed by atoms with van der Waals surface area (Å²) in [5.74, 6) is 0.709. The maximum absolute atomic E-state index is 14.6. The van der Waals surface area contributed by atoms with Crippen LogP contribution in [0.5, 0.6) is 11.5 Å². The lowest BCUT2D eigenvalue weighted by atomic mass is 9.95. The SMILES string of the molecule is NCCOc1cccc(F)c1-c1c(Cl)ccc2c1C[C@@H](CN)O2. The van der Waals surface area contributed by atoms with E-state index in [1.807, 2.05) is 0 Å². The van der Waals surface area contributed by atoms with Gasteiger partial charge in [0.05, 0.1) is 5.56 Å². The molecule has 0 amide bonds. The standard InChI is InChI=1S/C17H18ClFN2O2/c18-12-4-5-14-11(8-10(9-21)23-14)16(12)17-13(19)2-1-3-15(17)22-7-6-20/h1-5,10H,6-9,20-21H2/t10-/m0/s1. The highest BCUT2D eigenvalue weighted by atomic mass is 35.5. The lowest BCUT2D eigenvalue weighted by Gasteiger charge is -2.15. The van der Waals surface area contributed by atoms with E-state index in [2.05, 4.69) is 0 Å². The van der Waals surface area contributed by atoms with Crippen LogP contribution in [-0.4, -0.2) is 25.8 Å². The van der Waals surface area contributed by atoms with E-state index in [1.54, 1.807) is 24.3 Å². The van der Waals surface area contributed by atoms with Crippen LogP contribution < -0.4 is 20.9 Å². The molecular formula is C17H18ClFN2O2. The summed E-state index contributed by atoms with van der Waals surface area (Å²) in [6, 6.07) is 8.18. The summed E-state index contributed by atoms with van der Waals surface area (Å²) in [6.07, 6.45) is 0.467. The second kappa shape index (κ2) is 6.74. The maximum Gasteiger partial charge on any atom is 0.134 e. The monoisotopic (exact) mass is 336 g/mol. The molecule has 3 rings (SSSR count). The van der Waals surface area contributed by atoms with Gasteiger partial charge >= 0.3 is 0 Å². The van der Waals surface area contributed by atoms with Gasteiger partial charge in [-0.2, -0.15) is 0 Å². The summed E-state index contributed by atoms with van der Waals surface area (Å²) in [5, 5.41) is 0.452. The van der Waals surface area contributed by atoms with E-state index in [9.17, 15) is 4.39 Å². The molecule has 0 fully saturated rings. The summed E-state index contributed by atoms with van der Waals surface area (Å²) in [5.41, 5.74) is 13.0. The van der Waals surface area contributed by atoms with Gasteiger partial charge in [-0.15, -0.1) is 0 Å². The molecule has 0 saturated carbocycles. The molecule has 2 aromatic carbocycles. The Bertz CT molecular complexity index is 724. The molecule has 1 heterocycles. The molecule has 122 valence electrons. The van der Waals surface area contributed by atoms with Crippen LogP contribution in [0.15, 0.2) is 30.3 Å². The van der Waals surface area contributed by atoms with Crippen LogP contribution in [-0.2, 0) is 6.42 Å². The van der Waals surface area contributed by atoms with Crippen LogP contribution in [0, 0.1) is 5.82 Å². The highest BCUT2D eigenvalue weighted by Crippen LogP contribution is 2.45. The zero-order valence-electron chi connectivity index (χ0n) is 12.5. The van der Waals surface area contributed by atoms with E-state index in [4.69, 9.17) is 32.5 Å². The van der Waals surface area contributed by atoms with Gasteiger partial charge in [-0.05, 0) is 24.3 Å². The molecular weight excluding hydrogens is 319 g/mol. The lowest BCUT2D eigenvalue weighted by molar-refractivity contribution is 0.241. The Morgan fingerprint density at radius 2 is 2.04 bits per heavy atom. The molecule has 4 N–H and O–H groups in total. The first-order chi connectivity index (χ1) is 11.2. The van der Waals surface area contributed by atoms with Crippen LogP contribution in [0.3, 0.4) is 0 Å². The average molecular weight is 337 g/mol.